The van der Waals surface area contributed by atoms with Gasteiger partial charge in [0.25, 0.3) is 0 Å². The Balaban J connectivity index is 2.30. The summed E-state index contributed by atoms with van der Waals surface area (Å²) in [5.41, 5.74) is 6.69. The fourth-order valence-electron chi connectivity index (χ4n) is 1.59. The van der Waals surface area contributed by atoms with E-state index in [1.165, 1.54) is 11.8 Å². The monoisotopic (exact) mass is 292 g/mol. The molecular formula is C14H13ClN2OS. The van der Waals surface area contributed by atoms with Crippen LogP contribution in [0.3, 0.4) is 0 Å². The summed E-state index contributed by atoms with van der Waals surface area (Å²) in [5, 5.41) is 1.33. The predicted octanol–water partition coefficient (Wildman–Crippen LogP) is 3.02. The highest BCUT2D eigenvalue weighted by atomic mass is 35.5. The lowest BCUT2D eigenvalue weighted by atomic mass is 10.1. The molecular weight excluding hydrogens is 280 g/mol. The van der Waals surface area contributed by atoms with Gasteiger partial charge in [-0.3, -0.25) is 4.79 Å². The largest absolute Gasteiger partial charge is 0.330 e. The van der Waals surface area contributed by atoms with Crippen LogP contribution in [0.1, 0.15) is 15.9 Å². The molecule has 0 aliphatic carbocycles. The molecule has 0 unspecified atom stereocenters. The first-order chi connectivity index (χ1) is 9.22. The summed E-state index contributed by atoms with van der Waals surface area (Å²) in [6, 6.07) is 10.4. The van der Waals surface area contributed by atoms with Gasteiger partial charge in [0.05, 0.1) is 5.56 Å². The Hall–Kier alpha value is -1.36. The van der Waals surface area contributed by atoms with Gasteiger partial charge in [-0.1, -0.05) is 11.6 Å². The van der Waals surface area contributed by atoms with Gasteiger partial charge in [0.15, 0.2) is 5.78 Å². The van der Waals surface area contributed by atoms with Crippen molar-refractivity contribution in [2.45, 2.75) is 5.03 Å². The number of carbonyl (C=O) groups is 1. The van der Waals surface area contributed by atoms with Crippen LogP contribution in [0.4, 0.5) is 0 Å². The van der Waals surface area contributed by atoms with Gasteiger partial charge in [-0.15, -0.1) is 11.8 Å². The van der Waals surface area contributed by atoms with Gasteiger partial charge in [0.1, 0.15) is 5.03 Å². The first-order valence-corrected chi connectivity index (χ1v) is 7.17. The van der Waals surface area contributed by atoms with E-state index in [0.29, 0.717) is 27.7 Å². The molecule has 5 heteroatoms. The Morgan fingerprint density at radius 1 is 1.26 bits per heavy atom. The molecule has 0 aliphatic heterocycles. The number of aromatic nitrogens is 1. The lowest BCUT2D eigenvalue weighted by Crippen LogP contribution is -2.06. The van der Waals surface area contributed by atoms with Gasteiger partial charge in [0, 0.05) is 29.1 Å². The minimum Gasteiger partial charge on any atom is -0.330 e. The molecule has 1 aromatic heterocycles. The number of pyridine rings is 1. The maximum Gasteiger partial charge on any atom is 0.195 e. The number of hydrogen-bond donors (Lipinski definition) is 1. The summed E-state index contributed by atoms with van der Waals surface area (Å²) in [6.07, 6.45) is 1.68. The van der Waals surface area contributed by atoms with Gasteiger partial charge >= 0.3 is 0 Å². The van der Waals surface area contributed by atoms with E-state index in [4.69, 9.17) is 17.3 Å². The van der Waals surface area contributed by atoms with E-state index in [9.17, 15) is 4.79 Å². The fraction of sp³-hybridized carbons (Fsp3) is 0.143. The van der Waals surface area contributed by atoms with Crippen LogP contribution in [0.2, 0.25) is 5.02 Å². The minimum atomic E-state index is -0.0516. The van der Waals surface area contributed by atoms with Gasteiger partial charge in [-0.2, -0.15) is 0 Å². The summed E-state index contributed by atoms with van der Waals surface area (Å²) < 4.78 is 0. The van der Waals surface area contributed by atoms with Crippen molar-refractivity contribution >= 4 is 29.1 Å². The maximum atomic E-state index is 12.4. The molecule has 0 saturated heterocycles. The first kappa shape index (κ1) is 14.1. The second kappa shape index (κ2) is 6.70. The van der Waals surface area contributed by atoms with Crippen molar-refractivity contribution < 1.29 is 4.79 Å². The lowest BCUT2D eigenvalue weighted by Gasteiger charge is -2.06. The molecule has 0 saturated carbocycles. The highest BCUT2D eigenvalue weighted by Gasteiger charge is 2.14. The van der Waals surface area contributed by atoms with E-state index in [0.717, 1.165) is 5.75 Å². The van der Waals surface area contributed by atoms with Crippen molar-refractivity contribution in [3.8, 4) is 0 Å². The number of halogens is 1. The molecule has 0 amide bonds. The van der Waals surface area contributed by atoms with Gasteiger partial charge in [0.2, 0.25) is 0 Å². The van der Waals surface area contributed by atoms with Crippen molar-refractivity contribution in [2.24, 2.45) is 5.73 Å². The number of benzene rings is 1. The summed E-state index contributed by atoms with van der Waals surface area (Å²) in [7, 11) is 0. The quantitative estimate of drug-likeness (QED) is 0.680. The molecule has 0 fully saturated rings. The number of thioether (sulfide) groups is 1. The molecule has 0 aliphatic rings. The summed E-state index contributed by atoms with van der Waals surface area (Å²) >= 11 is 7.31. The zero-order valence-electron chi connectivity index (χ0n) is 10.2. The Bertz CT molecular complexity index is 572. The highest BCUT2D eigenvalue weighted by Crippen LogP contribution is 2.22. The van der Waals surface area contributed by atoms with Crippen LogP contribution in [0.5, 0.6) is 0 Å². The number of nitrogens with two attached hydrogens (primary N) is 1. The zero-order valence-corrected chi connectivity index (χ0v) is 11.7. The topological polar surface area (TPSA) is 56.0 Å². The van der Waals surface area contributed by atoms with E-state index in [2.05, 4.69) is 4.98 Å². The average molecular weight is 293 g/mol. The molecule has 3 nitrogen and oxygen atoms in total. The average Bonchev–Trinajstić information content (AvgIpc) is 2.45. The second-order valence-corrected chi connectivity index (χ2v) is 5.35. The van der Waals surface area contributed by atoms with E-state index in [1.54, 1.807) is 42.6 Å². The molecule has 2 aromatic rings. The number of hydrogen-bond acceptors (Lipinski definition) is 4. The zero-order chi connectivity index (χ0) is 13.7. The third kappa shape index (κ3) is 3.56. The standard InChI is InChI=1S/C14H13ClN2OS/c15-11-5-3-10(4-6-11)13(18)12-2-1-8-17-14(12)19-9-7-16/h1-6,8H,7,9,16H2. The van der Waals surface area contributed by atoms with Crippen molar-refractivity contribution in [1.29, 1.82) is 0 Å². The maximum absolute atomic E-state index is 12.4. The molecule has 0 bridgehead atoms. The van der Waals surface area contributed by atoms with Crippen molar-refractivity contribution in [3.63, 3.8) is 0 Å². The van der Waals surface area contributed by atoms with Crippen LogP contribution < -0.4 is 5.73 Å². The predicted molar refractivity (Wildman–Crippen MR) is 78.9 cm³/mol. The second-order valence-electron chi connectivity index (χ2n) is 3.83. The highest BCUT2D eigenvalue weighted by molar-refractivity contribution is 7.99. The molecule has 2 N–H and O–H groups in total. The Morgan fingerprint density at radius 3 is 2.68 bits per heavy atom. The first-order valence-electron chi connectivity index (χ1n) is 5.80. The smallest absolute Gasteiger partial charge is 0.195 e. The van der Waals surface area contributed by atoms with Crippen LogP contribution in [0.25, 0.3) is 0 Å². The summed E-state index contributed by atoms with van der Waals surface area (Å²) in [5.74, 6) is 0.682. The lowest BCUT2D eigenvalue weighted by molar-refractivity contribution is 0.103. The molecule has 0 radical (unpaired) electrons. The number of ketones is 1. The SMILES string of the molecule is NCCSc1ncccc1C(=O)c1ccc(Cl)cc1. The van der Waals surface area contributed by atoms with Crippen molar-refractivity contribution in [2.75, 3.05) is 12.3 Å². The van der Waals surface area contributed by atoms with Crippen LogP contribution in [-0.4, -0.2) is 23.1 Å². The van der Waals surface area contributed by atoms with E-state index in [1.807, 2.05) is 0 Å². The van der Waals surface area contributed by atoms with E-state index < -0.39 is 0 Å². The van der Waals surface area contributed by atoms with Gasteiger partial charge in [-0.25, -0.2) is 4.98 Å². The molecule has 98 valence electrons. The van der Waals surface area contributed by atoms with Crippen molar-refractivity contribution in [1.82, 2.24) is 4.98 Å². The molecule has 19 heavy (non-hydrogen) atoms. The minimum absolute atomic E-state index is 0.0516. The molecule has 1 heterocycles. The molecule has 0 spiro atoms. The fourth-order valence-corrected chi connectivity index (χ4v) is 2.48. The molecule has 2 rings (SSSR count). The third-order valence-electron chi connectivity index (χ3n) is 2.48. The van der Waals surface area contributed by atoms with Crippen LogP contribution in [-0.2, 0) is 0 Å². The Kier molecular flexibility index (Phi) is 4.96. The molecule has 1 aromatic carbocycles. The number of nitrogens with zero attached hydrogens (tertiary/aromatic N) is 1. The van der Waals surface area contributed by atoms with Crippen LogP contribution in [0, 0.1) is 0 Å². The Labute approximate surface area is 121 Å². The Morgan fingerprint density at radius 2 is 2.00 bits per heavy atom. The van der Waals surface area contributed by atoms with Gasteiger partial charge in [-0.05, 0) is 36.4 Å². The third-order valence-corrected chi connectivity index (χ3v) is 3.77. The van der Waals surface area contributed by atoms with Crippen molar-refractivity contribution in [3.05, 3.63) is 58.7 Å². The summed E-state index contributed by atoms with van der Waals surface area (Å²) in [4.78, 5) is 16.7. The van der Waals surface area contributed by atoms with Crippen LogP contribution >= 0.6 is 23.4 Å². The van der Waals surface area contributed by atoms with Crippen LogP contribution in [0.15, 0.2) is 47.6 Å². The normalized spacial score (nSPS) is 10.4. The van der Waals surface area contributed by atoms with Gasteiger partial charge < -0.3 is 5.73 Å². The van der Waals surface area contributed by atoms with E-state index in [-0.39, 0.29) is 5.78 Å². The number of rotatable bonds is 5. The summed E-state index contributed by atoms with van der Waals surface area (Å²) in [6.45, 7) is 0.551. The number of carbonyl (C=O) groups excluding carboxylic acids is 1. The van der Waals surface area contributed by atoms with E-state index >= 15 is 0 Å². The molecule has 0 atom stereocenters.